The maximum atomic E-state index is 12.2. The molecule has 0 N–H and O–H groups in total. The third-order valence-corrected chi connectivity index (χ3v) is 4.16. The monoisotopic (exact) mass is 296 g/mol. The molecule has 5 nitrogen and oxygen atoms in total. The van der Waals surface area contributed by atoms with Crippen molar-refractivity contribution in [2.45, 2.75) is 19.8 Å². The van der Waals surface area contributed by atoms with Crippen LogP contribution in [0.4, 0.5) is 4.79 Å². The van der Waals surface area contributed by atoms with Gasteiger partial charge in [-0.25, -0.2) is 4.79 Å². The highest BCUT2D eigenvalue weighted by Crippen LogP contribution is 2.12. The largest absolute Gasteiger partial charge is 0.450 e. The van der Waals surface area contributed by atoms with Crippen LogP contribution < -0.4 is 0 Å². The zero-order chi connectivity index (χ0) is 14.4. The van der Waals surface area contributed by atoms with Crippen molar-refractivity contribution >= 4 is 23.3 Å². The molecule has 0 aliphatic carbocycles. The number of carbonyl (C=O) groups excluding carboxylic acids is 2. The van der Waals surface area contributed by atoms with Crippen LogP contribution in [0, 0.1) is 0 Å². The SMILES string of the molecule is CCOC(=O)N1CCCN(C(=O)Cc2cccs2)CC1. The smallest absolute Gasteiger partial charge is 0.409 e. The van der Waals surface area contributed by atoms with E-state index in [-0.39, 0.29) is 12.0 Å². The fourth-order valence-electron chi connectivity index (χ4n) is 2.24. The maximum Gasteiger partial charge on any atom is 0.409 e. The van der Waals surface area contributed by atoms with Crippen LogP contribution in [0.15, 0.2) is 17.5 Å². The van der Waals surface area contributed by atoms with Gasteiger partial charge in [0.25, 0.3) is 0 Å². The highest BCUT2D eigenvalue weighted by atomic mass is 32.1. The van der Waals surface area contributed by atoms with Gasteiger partial charge >= 0.3 is 6.09 Å². The van der Waals surface area contributed by atoms with Crippen LogP contribution >= 0.6 is 11.3 Å². The first-order valence-electron chi connectivity index (χ1n) is 6.92. The van der Waals surface area contributed by atoms with Crippen molar-refractivity contribution in [3.63, 3.8) is 0 Å². The number of ether oxygens (including phenoxy) is 1. The fourth-order valence-corrected chi connectivity index (χ4v) is 2.93. The molecule has 1 saturated heterocycles. The fraction of sp³-hybridized carbons (Fsp3) is 0.571. The molecule has 1 aromatic rings. The maximum absolute atomic E-state index is 12.2. The summed E-state index contributed by atoms with van der Waals surface area (Å²) in [5.41, 5.74) is 0. The Morgan fingerprint density at radius 3 is 2.70 bits per heavy atom. The van der Waals surface area contributed by atoms with Gasteiger partial charge in [-0.2, -0.15) is 0 Å². The molecule has 1 aliphatic heterocycles. The zero-order valence-corrected chi connectivity index (χ0v) is 12.5. The lowest BCUT2D eigenvalue weighted by atomic mass is 10.3. The van der Waals surface area contributed by atoms with Gasteiger partial charge in [-0.05, 0) is 24.8 Å². The summed E-state index contributed by atoms with van der Waals surface area (Å²) in [6, 6.07) is 3.93. The summed E-state index contributed by atoms with van der Waals surface area (Å²) in [6.07, 6.45) is 0.978. The third-order valence-electron chi connectivity index (χ3n) is 3.28. The Bertz CT molecular complexity index is 447. The molecule has 110 valence electrons. The lowest BCUT2D eigenvalue weighted by Gasteiger charge is -2.21. The molecular weight excluding hydrogens is 276 g/mol. The van der Waals surface area contributed by atoms with Crippen LogP contribution in [0.3, 0.4) is 0 Å². The normalized spacial score (nSPS) is 15.8. The minimum Gasteiger partial charge on any atom is -0.450 e. The van der Waals surface area contributed by atoms with Crippen LogP contribution in [-0.2, 0) is 16.0 Å². The summed E-state index contributed by atoms with van der Waals surface area (Å²) in [5.74, 6) is 0.137. The van der Waals surface area contributed by atoms with E-state index in [9.17, 15) is 9.59 Å². The van der Waals surface area contributed by atoms with Crippen molar-refractivity contribution in [3.05, 3.63) is 22.4 Å². The highest BCUT2D eigenvalue weighted by molar-refractivity contribution is 7.10. The Morgan fingerprint density at radius 1 is 1.25 bits per heavy atom. The standard InChI is InChI=1S/C14H20N2O3S/c1-2-19-14(18)16-7-4-6-15(8-9-16)13(17)11-12-5-3-10-20-12/h3,5,10H,2,4,6-9,11H2,1H3. The molecular formula is C14H20N2O3S. The molecule has 0 atom stereocenters. The number of nitrogens with zero attached hydrogens (tertiary/aromatic N) is 2. The summed E-state index contributed by atoms with van der Waals surface area (Å²) in [5, 5.41) is 1.98. The number of amides is 2. The van der Waals surface area contributed by atoms with E-state index in [4.69, 9.17) is 4.74 Å². The van der Waals surface area contributed by atoms with E-state index in [1.807, 2.05) is 22.4 Å². The molecule has 0 unspecified atom stereocenters. The van der Waals surface area contributed by atoms with Crippen molar-refractivity contribution in [1.29, 1.82) is 0 Å². The summed E-state index contributed by atoms with van der Waals surface area (Å²) < 4.78 is 5.00. The van der Waals surface area contributed by atoms with Crippen molar-refractivity contribution < 1.29 is 14.3 Å². The van der Waals surface area contributed by atoms with Crippen molar-refractivity contribution in [2.24, 2.45) is 0 Å². The minimum atomic E-state index is -0.278. The van der Waals surface area contributed by atoms with Crippen LogP contribution in [0.2, 0.25) is 0 Å². The second-order valence-corrected chi connectivity index (χ2v) is 5.71. The number of thiophene rings is 1. The molecule has 0 spiro atoms. The van der Waals surface area contributed by atoms with Crippen LogP contribution in [0.1, 0.15) is 18.2 Å². The van der Waals surface area contributed by atoms with Crippen LogP contribution in [-0.4, -0.2) is 54.6 Å². The molecule has 1 fully saturated rings. The first kappa shape index (κ1) is 14.8. The van der Waals surface area contributed by atoms with E-state index < -0.39 is 0 Å². The molecule has 0 saturated carbocycles. The molecule has 6 heteroatoms. The third kappa shape index (κ3) is 3.96. The molecule has 2 heterocycles. The van der Waals surface area contributed by atoms with E-state index in [2.05, 4.69) is 0 Å². The number of rotatable bonds is 3. The van der Waals surface area contributed by atoms with Gasteiger partial charge in [0.05, 0.1) is 13.0 Å². The van der Waals surface area contributed by atoms with Crippen molar-refractivity contribution in [1.82, 2.24) is 9.80 Å². The Labute approximate surface area is 123 Å². The van der Waals surface area contributed by atoms with E-state index in [0.29, 0.717) is 39.2 Å². The van der Waals surface area contributed by atoms with E-state index >= 15 is 0 Å². The molecule has 0 radical (unpaired) electrons. The molecule has 1 aromatic heterocycles. The highest BCUT2D eigenvalue weighted by Gasteiger charge is 2.22. The molecule has 20 heavy (non-hydrogen) atoms. The second kappa shape index (κ2) is 7.28. The average Bonchev–Trinajstić information content (AvgIpc) is 2.80. The predicted molar refractivity (Wildman–Crippen MR) is 77.8 cm³/mol. The van der Waals surface area contributed by atoms with Crippen LogP contribution in [0.5, 0.6) is 0 Å². The first-order valence-corrected chi connectivity index (χ1v) is 7.80. The van der Waals surface area contributed by atoms with Gasteiger partial charge in [-0.15, -0.1) is 11.3 Å². The molecule has 0 bridgehead atoms. The van der Waals surface area contributed by atoms with E-state index in [1.54, 1.807) is 23.2 Å². The Balaban J connectivity index is 1.85. The summed E-state index contributed by atoms with van der Waals surface area (Å²) in [7, 11) is 0. The predicted octanol–water partition coefficient (Wildman–Crippen LogP) is 1.98. The average molecular weight is 296 g/mol. The van der Waals surface area contributed by atoms with Crippen molar-refractivity contribution in [2.75, 3.05) is 32.8 Å². The van der Waals surface area contributed by atoms with Gasteiger partial charge in [-0.1, -0.05) is 6.07 Å². The Kier molecular flexibility index (Phi) is 5.40. The van der Waals surface area contributed by atoms with Gasteiger partial charge in [0.15, 0.2) is 0 Å². The summed E-state index contributed by atoms with van der Waals surface area (Å²) >= 11 is 1.60. The first-order chi connectivity index (χ1) is 9.70. The van der Waals surface area contributed by atoms with Gasteiger partial charge in [0.2, 0.25) is 5.91 Å². The van der Waals surface area contributed by atoms with Gasteiger partial charge in [0, 0.05) is 31.1 Å². The number of hydrogen-bond acceptors (Lipinski definition) is 4. The van der Waals surface area contributed by atoms with E-state index in [1.165, 1.54) is 0 Å². The summed E-state index contributed by atoms with van der Waals surface area (Å²) in [4.78, 5) is 28.5. The topological polar surface area (TPSA) is 49.9 Å². The second-order valence-electron chi connectivity index (χ2n) is 4.68. The molecule has 2 amide bonds. The van der Waals surface area contributed by atoms with Crippen molar-refractivity contribution in [3.8, 4) is 0 Å². The lowest BCUT2D eigenvalue weighted by molar-refractivity contribution is -0.130. The van der Waals surface area contributed by atoms with Gasteiger partial charge in [-0.3, -0.25) is 4.79 Å². The zero-order valence-electron chi connectivity index (χ0n) is 11.7. The number of carbonyl (C=O) groups is 2. The molecule has 0 aromatic carbocycles. The van der Waals surface area contributed by atoms with Crippen LogP contribution in [0.25, 0.3) is 0 Å². The van der Waals surface area contributed by atoms with Gasteiger partial charge in [0.1, 0.15) is 0 Å². The quantitative estimate of drug-likeness (QED) is 0.857. The molecule has 1 aliphatic rings. The lowest BCUT2D eigenvalue weighted by Crippen LogP contribution is -2.38. The Hall–Kier alpha value is -1.56. The molecule has 2 rings (SSSR count). The van der Waals surface area contributed by atoms with E-state index in [0.717, 1.165) is 11.3 Å². The Morgan fingerprint density at radius 2 is 2.00 bits per heavy atom. The summed E-state index contributed by atoms with van der Waals surface area (Å²) in [6.45, 7) is 4.68. The number of hydrogen-bond donors (Lipinski definition) is 0. The van der Waals surface area contributed by atoms with Gasteiger partial charge < -0.3 is 14.5 Å². The minimum absolute atomic E-state index is 0.137.